The molecule has 0 fully saturated rings. The number of hydrogen-bond acceptors (Lipinski definition) is 4. The summed E-state index contributed by atoms with van der Waals surface area (Å²) in [5.74, 6) is 0.380. The molecular weight excluding hydrogens is 306 g/mol. The van der Waals surface area contributed by atoms with Gasteiger partial charge in [-0.15, -0.1) is 0 Å². The van der Waals surface area contributed by atoms with Gasteiger partial charge in [0.15, 0.2) is 0 Å². The van der Waals surface area contributed by atoms with Crippen LogP contribution in [0.15, 0.2) is 36.4 Å². The number of benzene rings is 2. The van der Waals surface area contributed by atoms with E-state index in [0.29, 0.717) is 28.8 Å². The molecule has 0 aliphatic rings. The number of halogens is 1. The second-order valence-electron chi connectivity index (χ2n) is 4.53. The van der Waals surface area contributed by atoms with Crippen LogP contribution in [0.5, 0.6) is 11.5 Å². The third-order valence-electron chi connectivity index (χ3n) is 3.18. The summed E-state index contributed by atoms with van der Waals surface area (Å²) in [4.78, 5) is 11.0. The van der Waals surface area contributed by atoms with Gasteiger partial charge in [-0.3, -0.25) is 0 Å². The van der Waals surface area contributed by atoms with Crippen molar-refractivity contribution in [3.8, 4) is 11.5 Å². The lowest BCUT2D eigenvalue weighted by Gasteiger charge is -2.13. The Morgan fingerprint density at radius 1 is 1.18 bits per heavy atom. The van der Waals surface area contributed by atoms with E-state index in [4.69, 9.17) is 26.2 Å². The van der Waals surface area contributed by atoms with Crippen LogP contribution >= 0.6 is 11.6 Å². The maximum atomic E-state index is 11.0. The zero-order valence-electron chi connectivity index (χ0n) is 12.2. The van der Waals surface area contributed by atoms with Gasteiger partial charge in [-0.1, -0.05) is 11.6 Å². The minimum Gasteiger partial charge on any atom is -0.497 e. The Morgan fingerprint density at radius 2 is 1.95 bits per heavy atom. The fraction of sp³-hybridized carbons (Fsp3) is 0.188. The number of carboxylic acids is 1. The Morgan fingerprint density at radius 3 is 2.59 bits per heavy atom. The number of anilines is 1. The highest BCUT2D eigenvalue weighted by atomic mass is 35.5. The molecule has 0 aliphatic heterocycles. The Kier molecular flexibility index (Phi) is 5.12. The van der Waals surface area contributed by atoms with Gasteiger partial charge >= 0.3 is 5.97 Å². The number of carbonyl (C=O) groups is 1. The number of carboxylic acid groups (broad SMARTS) is 1. The van der Waals surface area contributed by atoms with Crippen LogP contribution in [0.1, 0.15) is 15.9 Å². The second kappa shape index (κ2) is 7.04. The maximum Gasteiger partial charge on any atom is 0.335 e. The van der Waals surface area contributed by atoms with Gasteiger partial charge in [-0.25, -0.2) is 4.79 Å². The summed E-state index contributed by atoms with van der Waals surface area (Å²) in [5.41, 5.74) is 1.63. The maximum absolute atomic E-state index is 11.0. The summed E-state index contributed by atoms with van der Waals surface area (Å²) in [6.45, 7) is 0.440. The van der Waals surface area contributed by atoms with Crippen molar-refractivity contribution >= 4 is 23.3 Å². The summed E-state index contributed by atoms with van der Waals surface area (Å²) in [6, 6.07) is 10.0. The molecule has 6 heteroatoms. The van der Waals surface area contributed by atoms with Gasteiger partial charge in [0.2, 0.25) is 0 Å². The van der Waals surface area contributed by atoms with Gasteiger partial charge in [0.05, 0.1) is 30.5 Å². The lowest BCUT2D eigenvalue weighted by atomic mass is 10.1. The summed E-state index contributed by atoms with van der Waals surface area (Å²) in [7, 11) is 3.17. The summed E-state index contributed by atoms with van der Waals surface area (Å²) in [5, 5.41) is 12.6. The Bertz CT molecular complexity index is 688. The lowest BCUT2D eigenvalue weighted by Crippen LogP contribution is -2.04. The van der Waals surface area contributed by atoms with Gasteiger partial charge < -0.3 is 19.9 Å². The molecule has 0 saturated heterocycles. The predicted molar refractivity (Wildman–Crippen MR) is 85.3 cm³/mol. The molecule has 0 unspecified atom stereocenters. The van der Waals surface area contributed by atoms with Crippen LogP contribution in [0.25, 0.3) is 0 Å². The largest absolute Gasteiger partial charge is 0.497 e. The van der Waals surface area contributed by atoms with Crippen molar-refractivity contribution in [2.45, 2.75) is 6.54 Å². The molecule has 0 heterocycles. The van der Waals surface area contributed by atoms with Crippen molar-refractivity contribution in [2.24, 2.45) is 0 Å². The molecule has 0 atom stereocenters. The summed E-state index contributed by atoms with van der Waals surface area (Å²) < 4.78 is 10.5. The highest BCUT2D eigenvalue weighted by Gasteiger charge is 2.09. The molecule has 2 aromatic carbocycles. The molecule has 0 spiro atoms. The van der Waals surface area contributed by atoms with Gasteiger partial charge in [0, 0.05) is 18.2 Å². The lowest BCUT2D eigenvalue weighted by molar-refractivity contribution is 0.0697. The molecule has 22 heavy (non-hydrogen) atoms. The van der Waals surface area contributed by atoms with E-state index in [0.717, 1.165) is 5.56 Å². The average Bonchev–Trinajstić information content (AvgIpc) is 2.53. The second-order valence-corrected chi connectivity index (χ2v) is 4.94. The normalized spacial score (nSPS) is 10.1. The van der Waals surface area contributed by atoms with E-state index >= 15 is 0 Å². The predicted octanol–water partition coefficient (Wildman–Crippen LogP) is 3.67. The molecule has 0 radical (unpaired) electrons. The topological polar surface area (TPSA) is 67.8 Å². The fourth-order valence-corrected chi connectivity index (χ4v) is 2.17. The van der Waals surface area contributed by atoms with Gasteiger partial charge in [0.1, 0.15) is 11.5 Å². The molecule has 116 valence electrons. The first-order chi connectivity index (χ1) is 10.5. The average molecular weight is 322 g/mol. The third-order valence-corrected chi connectivity index (χ3v) is 3.51. The van der Waals surface area contributed by atoms with Gasteiger partial charge in [0.25, 0.3) is 0 Å². The zero-order valence-corrected chi connectivity index (χ0v) is 13.0. The van der Waals surface area contributed by atoms with Crippen LogP contribution in [0.2, 0.25) is 5.02 Å². The quantitative estimate of drug-likeness (QED) is 0.849. The highest BCUT2D eigenvalue weighted by Crippen LogP contribution is 2.27. The summed E-state index contributed by atoms with van der Waals surface area (Å²) in [6.07, 6.45) is 0. The minimum atomic E-state index is -0.998. The minimum absolute atomic E-state index is 0.175. The highest BCUT2D eigenvalue weighted by molar-refractivity contribution is 6.33. The van der Waals surface area contributed by atoms with Crippen molar-refractivity contribution < 1.29 is 19.4 Å². The van der Waals surface area contributed by atoms with E-state index in [1.165, 1.54) is 12.1 Å². The van der Waals surface area contributed by atoms with Crippen LogP contribution < -0.4 is 14.8 Å². The molecule has 2 rings (SSSR count). The van der Waals surface area contributed by atoms with Crippen LogP contribution in [0.4, 0.5) is 5.69 Å². The molecule has 0 aromatic heterocycles. The van der Waals surface area contributed by atoms with Crippen molar-refractivity contribution in [1.29, 1.82) is 0 Å². The number of hydrogen-bond donors (Lipinski definition) is 2. The Hall–Kier alpha value is -2.40. The number of rotatable bonds is 6. The SMILES string of the molecule is COc1ccc(CNc2cc(C(=O)O)ccc2Cl)c(OC)c1. The Labute approximate surface area is 133 Å². The van der Waals surface area contributed by atoms with Crippen molar-refractivity contribution in [2.75, 3.05) is 19.5 Å². The van der Waals surface area contributed by atoms with Gasteiger partial charge in [-0.05, 0) is 30.3 Å². The monoisotopic (exact) mass is 321 g/mol. The first-order valence-electron chi connectivity index (χ1n) is 6.52. The van der Waals surface area contributed by atoms with Crippen LogP contribution in [-0.2, 0) is 6.54 Å². The first-order valence-corrected chi connectivity index (χ1v) is 6.90. The smallest absolute Gasteiger partial charge is 0.335 e. The van der Waals surface area contributed by atoms with Crippen LogP contribution in [0, 0.1) is 0 Å². The molecular formula is C16H16ClNO4. The van der Waals surface area contributed by atoms with Crippen molar-refractivity contribution in [1.82, 2.24) is 0 Å². The van der Waals surface area contributed by atoms with Crippen LogP contribution in [-0.4, -0.2) is 25.3 Å². The number of nitrogens with one attached hydrogen (secondary N) is 1. The van der Waals surface area contributed by atoms with Crippen LogP contribution in [0.3, 0.4) is 0 Å². The van der Waals surface area contributed by atoms with E-state index < -0.39 is 5.97 Å². The zero-order chi connectivity index (χ0) is 16.1. The Balaban J connectivity index is 2.19. The van der Waals surface area contributed by atoms with Gasteiger partial charge in [-0.2, -0.15) is 0 Å². The van der Waals surface area contributed by atoms with Crippen molar-refractivity contribution in [3.63, 3.8) is 0 Å². The molecule has 0 bridgehead atoms. The molecule has 0 amide bonds. The molecule has 0 saturated carbocycles. The first kappa shape index (κ1) is 16.0. The summed E-state index contributed by atoms with van der Waals surface area (Å²) >= 11 is 6.08. The molecule has 2 N–H and O–H groups in total. The molecule has 5 nitrogen and oxygen atoms in total. The fourth-order valence-electron chi connectivity index (χ4n) is 1.98. The van der Waals surface area contributed by atoms with E-state index in [1.807, 2.05) is 12.1 Å². The van der Waals surface area contributed by atoms with E-state index in [2.05, 4.69) is 5.32 Å². The van der Waals surface area contributed by atoms with E-state index in [9.17, 15) is 4.79 Å². The number of ether oxygens (including phenoxy) is 2. The number of methoxy groups -OCH3 is 2. The third kappa shape index (κ3) is 3.62. The van der Waals surface area contributed by atoms with Crippen molar-refractivity contribution in [3.05, 3.63) is 52.5 Å². The van der Waals surface area contributed by atoms with E-state index in [1.54, 1.807) is 26.4 Å². The molecule has 2 aromatic rings. The standard InChI is InChI=1S/C16H16ClNO4/c1-21-12-5-3-11(15(8-12)22-2)9-18-14-7-10(16(19)20)4-6-13(14)17/h3-8,18H,9H2,1-2H3,(H,19,20). The number of aromatic carboxylic acids is 1. The van der Waals surface area contributed by atoms with E-state index in [-0.39, 0.29) is 5.56 Å². The molecule has 0 aliphatic carbocycles.